The van der Waals surface area contributed by atoms with Crippen molar-refractivity contribution in [1.82, 2.24) is 19.6 Å². The molecule has 6 heteroatoms. The SMILES string of the molecule is CC(C)C1CN(C(=O)c2ccnn2C)CCCN1Cc1ccc(F)cc1. The monoisotopic (exact) mass is 358 g/mol. The summed E-state index contributed by atoms with van der Waals surface area (Å²) in [6, 6.07) is 8.74. The molecule has 2 heterocycles. The van der Waals surface area contributed by atoms with Gasteiger partial charge in [0, 0.05) is 45.5 Å². The van der Waals surface area contributed by atoms with Gasteiger partial charge in [-0.1, -0.05) is 26.0 Å². The fourth-order valence-corrected chi connectivity index (χ4v) is 3.65. The third-order valence-corrected chi connectivity index (χ3v) is 5.15. The topological polar surface area (TPSA) is 41.4 Å². The summed E-state index contributed by atoms with van der Waals surface area (Å²) >= 11 is 0. The highest BCUT2D eigenvalue weighted by molar-refractivity contribution is 5.92. The fourth-order valence-electron chi connectivity index (χ4n) is 3.65. The Hall–Kier alpha value is -2.21. The van der Waals surface area contributed by atoms with Crippen molar-refractivity contribution in [1.29, 1.82) is 0 Å². The molecule has 1 saturated heterocycles. The van der Waals surface area contributed by atoms with Crippen molar-refractivity contribution < 1.29 is 9.18 Å². The van der Waals surface area contributed by atoms with Crippen LogP contribution in [0, 0.1) is 11.7 Å². The maximum atomic E-state index is 13.2. The van der Waals surface area contributed by atoms with E-state index in [0.717, 1.165) is 31.6 Å². The van der Waals surface area contributed by atoms with E-state index in [1.165, 1.54) is 12.1 Å². The van der Waals surface area contributed by atoms with Gasteiger partial charge < -0.3 is 4.90 Å². The van der Waals surface area contributed by atoms with Crippen molar-refractivity contribution in [3.05, 3.63) is 53.6 Å². The van der Waals surface area contributed by atoms with Gasteiger partial charge in [0.25, 0.3) is 5.91 Å². The predicted octanol–water partition coefficient (Wildman–Crippen LogP) is 2.93. The van der Waals surface area contributed by atoms with Crippen LogP contribution in [-0.2, 0) is 13.6 Å². The molecule has 2 aromatic rings. The summed E-state index contributed by atoms with van der Waals surface area (Å²) in [5.74, 6) is 0.243. The van der Waals surface area contributed by atoms with E-state index in [9.17, 15) is 9.18 Å². The lowest BCUT2D eigenvalue weighted by molar-refractivity contribution is 0.0691. The molecule has 0 spiro atoms. The van der Waals surface area contributed by atoms with E-state index in [-0.39, 0.29) is 17.8 Å². The number of nitrogens with zero attached hydrogens (tertiary/aromatic N) is 4. The average Bonchev–Trinajstić information content (AvgIpc) is 2.92. The lowest BCUT2D eigenvalue weighted by atomic mass is 10.0. The molecular formula is C20H27FN4O. The second-order valence-corrected chi connectivity index (χ2v) is 7.35. The Balaban J connectivity index is 1.76. The van der Waals surface area contributed by atoms with Crippen molar-refractivity contribution >= 4 is 5.91 Å². The van der Waals surface area contributed by atoms with Gasteiger partial charge in [-0.05, 0) is 36.1 Å². The number of aryl methyl sites for hydroxylation is 1. The molecule has 1 amide bonds. The second kappa shape index (κ2) is 7.99. The maximum Gasteiger partial charge on any atom is 0.272 e. The Labute approximate surface area is 154 Å². The molecule has 1 unspecified atom stereocenters. The van der Waals surface area contributed by atoms with Gasteiger partial charge in [-0.3, -0.25) is 14.4 Å². The molecule has 0 bridgehead atoms. The van der Waals surface area contributed by atoms with Crippen molar-refractivity contribution in [2.45, 2.75) is 32.9 Å². The zero-order valence-electron chi connectivity index (χ0n) is 15.7. The molecule has 1 aromatic carbocycles. The van der Waals surface area contributed by atoms with E-state index in [0.29, 0.717) is 18.2 Å². The van der Waals surface area contributed by atoms with Crippen LogP contribution in [-0.4, -0.2) is 51.2 Å². The van der Waals surface area contributed by atoms with Crippen molar-refractivity contribution in [2.75, 3.05) is 19.6 Å². The molecule has 0 N–H and O–H groups in total. The van der Waals surface area contributed by atoms with Crippen molar-refractivity contribution in [3.8, 4) is 0 Å². The summed E-state index contributed by atoms with van der Waals surface area (Å²) in [5, 5.41) is 4.12. The Morgan fingerprint density at radius 2 is 1.96 bits per heavy atom. The first-order valence-electron chi connectivity index (χ1n) is 9.21. The minimum absolute atomic E-state index is 0.0410. The predicted molar refractivity (Wildman–Crippen MR) is 99.2 cm³/mol. The molecule has 0 radical (unpaired) electrons. The highest BCUT2D eigenvalue weighted by Gasteiger charge is 2.30. The normalized spacial score (nSPS) is 19.0. The molecule has 5 nitrogen and oxygen atoms in total. The van der Waals surface area contributed by atoms with Crippen LogP contribution in [0.25, 0.3) is 0 Å². The molecular weight excluding hydrogens is 331 g/mol. The first-order valence-corrected chi connectivity index (χ1v) is 9.21. The number of halogens is 1. The molecule has 1 atom stereocenters. The summed E-state index contributed by atoms with van der Waals surface area (Å²) in [6.45, 7) is 7.53. The summed E-state index contributed by atoms with van der Waals surface area (Å²) < 4.78 is 14.8. The summed E-state index contributed by atoms with van der Waals surface area (Å²) in [4.78, 5) is 17.3. The molecule has 3 rings (SSSR count). The van der Waals surface area contributed by atoms with Crippen LogP contribution < -0.4 is 0 Å². The van der Waals surface area contributed by atoms with Crippen LogP contribution in [0.15, 0.2) is 36.5 Å². The maximum absolute atomic E-state index is 13.2. The lowest BCUT2D eigenvalue weighted by Gasteiger charge is -2.34. The standard InChI is InChI=1S/C20H27FN4O/c1-15(2)19-14-25(20(26)18-9-10-22-23(18)3)12-4-11-24(19)13-16-5-7-17(21)8-6-16/h5-10,15,19H,4,11-14H2,1-3H3. The summed E-state index contributed by atoms with van der Waals surface area (Å²) in [5.41, 5.74) is 1.72. The third kappa shape index (κ3) is 4.12. The molecule has 26 heavy (non-hydrogen) atoms. The molecule has 1 fully saturated rings. The van der Waals surface area contributed by atoms with Gasteiger partial charge in [0.05, 0.1) is 0 Å². The number of rotatable bonds is 4. The number of benzene rings is 1. The number of carbonyl (C=O) groups is 1. The van der Waals surface area contributed by atoms with E-state index >= 15 is 0 Å². The Bertz CT molecular complexity index is 741. The molecule has 140 valence electrons. The van der Waals surface area contributed by atoms with E-state index in [4.69, 9.17) is 0 Å². The van der Waals surface area contributed by atoms with Gasteiger partial charge in [-0.25, -0.2) is 4.39 Å². The Morgan fingerprint density at radius 3 is 2.58 bits per heavy atom. The fraction of sp³-hybridized carbons (Fsp3) is 0.500. The number of hydrogen-bond donors (Lipinski definition) is 0. The van der Waals surface area contributed by atoms with Crippen LogP contribution in [0.4, 0.5) is 4.39 Å². The number of hydrogen-bond acceptors (Lipinski definition) is 3. The second-order valence-electron chi connectivity index (χ2n) is 7.35. The van der Waals surface area contributed by atoms with Gasteiger partial charge >= 0.3 is 0 Å². The van der Waals surface area contributed by atoms with E-state index in [1.54, 1.807) is 24.0 Å². The van der Waals surface area contributed by atoms with E-state index < -0.39 is 0 Å². The molecule has 1 aliphatic rings. The highest BCUT2D eigenvalue weighted by Crippen LogP contribution is 2.21. The average molecular weight is 358 g/mol. The smallest absolute Gasteiger partial charge is 0.272 e. The Morgan fingerprint density at radius 1 is 1.23 bits per heavy atom. The minimum Gasteiger partial charge on any atom is -0.336 e. The van der Waals surface area contributed by atoms with Gasteiger partial charge in [0.15, 0.2) is 0 Å². The third-order valence-electron chi connectivity index (χ3n) is 5.15. The van der Waals surface area contributed by atoms with Gasteiger partial charge in [-0.2, -0.15) is 5.10 Å². The van der Waals surface area contributed by atoms with Gasteiger partial charge in [0.2, 0.25) is 0 Å². The van der Waals surface area contributed by atoms with E-state index in [1.807, 2.05) is 17.0 Å². The molecule has 0 saturated carbocycles. The Kier molecular flexibility index (Phi) is 5.71. The quantitative estimate of drug-likeness (QED) is 0.844. The lowest BCUT2D eigenvalue weighted by Crippen LogP contribution is -2.45. The summed E-state index contributed by atoms with van der Waals surface area (Å²) in [7, 11) is 1.80. The number of carbonyl (C=O) groups excluding carboxylic acids is 1. The molecule has 1 aromatic heterocycles. The van der Waals surface area contributed by atoms with Crippen LogP contribution in [0.3, 0.4) is 0 Å². The van der Waals surface area contributed by atoms with Gasteiger partial charge in [0.1, 0.15) is 11.5 Å². The highest BCUT2D eigenvalue weighted by atomic mass is 19.1. The van der Waals surface area contributed by atoms with Crippen molar-refractivity contribution in [2.24, 2.45) is 13.0 Å². The van der Waals surface area contributed by atoms with Crippen LogP contribution >= 0.6 is 0 Å². The number of amides is 1. The van der Waals surface area contributed by atoms with Crippen LogP contribution in [0.1, 0.15) is 36.3 Å². The number of aromatic nitrogens is 2. The van der Waals surface area contributed by atoms with Gasteiger partial charge in [-0.15, -0.1) is 0 Å². The molecule has 1 aliphatic heterocycles. The zero-order valence-corrected chi connectivity index (χ0v) is 15.7. The largest absolute Gasteiger partial charge is 0.336 e. The first kappa shape index (κ1) is 18.6. The van der Waals surface area contributed by atoms with Crippen molar-refractivity contribution in [3.63, 3.8) is 0 Å². The minimum atomic E-state index is -0.210. The van der Waals surface area contributed by atoms with E-state index in [2.05, 4.69) is 23.8 Å². The van der Waals surface area contributed by atoms with Crippen LogP contribution in [0.5, 0.6) is 0 Å². The molecule has 0 aliphatic carbocycles. The summed E-state index contributed by atoms with van der Waals surface area (Å²) in [6.07, 6.45) is 2.58. The first-order chi connectivity index (χ1) is 12.5. The van der Waals surface area contributed by atoms with Crippen LogP contribution in [0.2, 0.25) is 0 Å². The zero-order chi connectivity index (χ0) is 18.7.